The van der Waals surface area contributed by atoms with E-state index in [2.05, 4.69) is 10.6 Å². The van der Waals surface area contributed by atoms with Crippen LogP contribution < -0.4 is 10.6 Å². The molecule has 6 heteroatoms. The predicted molar refractivity (Wildman–Crippen MR) is 80.9 cm³/mol. The molecule has 0 aliphatic carbocycles. The maximum absolute atomic E-state index is 12.0. The van der Waals surface area contributed by atoms with Crippen molar-refractivity contribution in [1.82, 2.24) is 5.32 Å². The number of nitrogens with one attached hydrogen (secondary N) is 2. The van der Waals surface area contributed by atoms with E-state index in [1.165, 1.54) is 0 Å². The number of anilines is 1. The van der Waals surface area contributed by atoms with Gasteiger partial charge in [0.05, 0.1) is 25.9 Å². The SMILES string of the molecule is COCCOCc1cccc(NC(=O)C2CSCN2)c1. The first kappa shape index (κ1) is 15.3. The van der Waals surface area contributed by atoms with E-state index in [4.69, 9.17) is 9.47 Å². The Morgan fingerprint density at radius 2 is 2.40 bits per heavy atom. The quantitative estimate of drug-likeness (QED) is 0.746. The van der Waals surface area contributed by atoms with E-state index in [-0.39, 0.29) is 11.9 Å². The lowest BCUT2D eigenvalue weighted by molar-refractivity contribution is -0.117. The molecule has 1 unspecified atom stereocenters. The molecule has 1 fully saturated rings. The first-order valence-electron chi connectivity index (χ1n) is 6.57. The fraction of sp³-hybridized carbons (Fsp3) is 0.500. The van der Waals surface area contributed by atoms with Crippen molar-refractivity contribution in [2.24, 2.45) is 0 Å². The van der Waals surface area contributed by atoms with E-state index >= 15 is 0 Å². The molecule has 2 N–H and O–H groups in total. The molecule has 5 nitrogen and oxygen atoms in total. The summed E-state index contributed by atoms with van der Waals surface area (Å²) in [6.07, 6.45) is 0. The molecule has 1 aliphatic rings. The smallest absolute Gasteiger partial charge is 0.242 e. The van der Waals surface area contributed by atoms with E-state index in [9.17, 15) is 4.79 Å². The molecule has 1 aliphatic heterocycles. The van der Waals surface area contributed by atoms with Gasteiger partial charge in [0.1, 0.15) is 0 Å². The Hall–Kier alpha value is -1.08. The van der Waals surface area contributed by atoms with Crippen LogP contribution in [-0.2, 0) is 20.9 Å². The molecule has 0 saturated carbocycles. The standard InChI is InChI=1S/C14H20N2O3S/c1-18-5-6-19-8-11-3-2-4-12(7-11)16-14(17)13-9-20-10-15-13/h2-4,7,13,15H,5-6,8-10H2,1H3,(H,16,17). The minimum Gasteiger partial charge on any atom is -0.382 e. The van der Waals surface area contributed by atoms with Crippen LogP contribution in [0.15, 0.2) is 24.3 Å². The fourth-order valence-electron chi connectivity index (χ4n) is 1.86. The van der Waals surface area contributed by atoms with Crippen LogP contribution >= 0.6 is 11.8 Å². The first-order chi connectivity index (χ1) is 9.79. The van der Waals surface area contributed by atoms with Gasteiger partial charge in [-0.15, -0.1) is 11.8 Å². The number of hydrogen-bond donors (Lipinski definition) is 2. The van der Waals surface area contributed by atoms with Crippen molar-refractivity contribution >= 4 is 23.4 Å². The molecule has 1 amide bonds. The lowest BCUT2D eigenvalue weighted by Crippen LogP contribution is -2.37. The highest BCUT2D eigenvalue weighted by Gasteiger charge is 2.22. The third kappa shape index (κ3) is 4.79. The molecule has 0 aromatic heterocycles. The normalized spacial score (nSPS) is 18.1. The molecule has 110 valence electrons. The largest absolute Gasteiger partial charge is 0.382 e. The summed E-state index contributed by atoms with van der Waals surface area (Å²) in [5.41, 5.74) is 1.84. The molecule has 0 radical (unpaired) electrons. The van der Waals surface area contributed by atoms with Gasteiger partial charge in [0.25, 0.3) is 0 Å². The maximum atomic E-state index is 12.0. The highest BCUT2D eigenvalue weighted by atomic mass is 32.2. The summed E-state index contributed by atoms with van der Waals surface area (Å²) in [6, 6.07) is 7.63. The average molecular weight is 296 g/mol. The number of rotatable bonds is 7. The summed E-state index contributed by atoms with van der Waals surface area (Å²) in [6.45, 7) is 1.67. The second kappa shape index (κ2) is 8.26. The zero-order chi connectivity index (χ0) is 14.2. The van der Waals surface area contributed by atoms with Crippen LogP contribution in [0, 0.1) is 0 Å². The number of benzene rings is 1. The third-order valence-corrected chi connectivity index (χ3v) is 3.87. The molecule has 0 bridgehead atoms. The number of thioether (sulfide) groups is 1. The van der Waals surface area contributed by atoms with Crippen LogP contribution in [0.2, 0.25) is 0 Å². The number of carbonyl (C=O) groups excluding carboxylic acids is 1. The van der Waals surface area contributed by atoms with Crippen LogP contribution in [0.5, 0.6) is 0 Å². The van der Waals surface area contributed by atoms with Crippen LogP contribution in [-0.4, -0.2) is 43.9 Å². The number of amides is 1. The number of hydrogen-bond acceptors (Lipinski definition) is 5. The van der Waals surface area contributed by atoms with Crippen molar-refractivity contribution in [2.75, 3.05) is 37.3 Å². The summed E-state index contributed by atoms with van der Waals surface area (Å²) < 4.78 is 10.4. The minimum absolute atomic E-state index is 0.0208. The van der Waals surface area contributed by atoms with E-state index in [1.54, 1.807) is 18.9 Å². The summed E-state index contributed by atoms with van der Waals surface area (Å²) >= 11 is 1.74. The van der Waals surface area contributed by atoms with Crippen molar-refractivity contribution in [1.29, 1.82) is 0 Å². The average Bonchev–Trinajstić information content (AvgIpc) is 2.98. The molecule has 1 aromatic carbocycles. The zero-order valence-electron chi connectivity index (χ0n) is 11.6. The van der Waals surface area contributed by atoms with Gasteiger partial charge in [-0.3, -0.25) is 10.1 Å². The lowest BCUT2D eigenvalue weighted by Gasteiger charge is -2.11. The number of ether oxygens (including phenoxy) is 2. The Kier molecular flexibility index (Phi) is 6.32. The van der Waals surface area contributed by atoms with Gasteiger partial charge in [0.2, 0.25) is 5.91 Å². The second-order valence-corrected chi connectivity index (χ2v) is 5.54. The van der Waals surface area contributed by atoms with E-state index in [0.717, 1.165) is 22.9 Å². The van der Waals surface area contributed by atoms with Crippen molar-refractivity contribution in [3.8, 4) is 0 Å². The number of carbonyl (C=O) groups is 1. The molecular weight excluding hydrogens is 276 g/mol. The van der Waals surface area contributed by atoms with Gasteiger partial charge < -0.3 is 14.8 Å². The third-order valence-electron chi connectivity index (χ3n) is 2.93. The van der Waals surface area contributed by atoms with Gasteiger partial charge in [0.15, 0.2) is 0 Å². The molecule has 1 heterocycles. The van der Waals surface area contributed by atoms with Crippen molar-refractivity contribution in [3.63, 3.8) is 0 Å². The molecule has 2 rings (SSSR count). The van der Waals surface area contributed by atoms with E-state index in [0.29, 0.717) is 19.8 Å². The van der Waals surface area contributed by atoms with Crippen LogP contribution in [0.25, 0.3) is 0 Å². The molecule has 1 atom stereocenters. The summed E-state index contributed by atoms with van der Waals surface area (Å²) in [5, 5.41) is 6.08. The highest BCUT2D eigenvalue weighted by Crippen LogP contribution is 2.15. The van der Waals surface area contributed by atoms with Crippen LogP contribution in [0.3, 0.4) is 0 Å². The van der Waals surface area contributed by atoms with Gasteiger partial charge >= 0.3 is 0 Å². The monoisotopic (exact) mass is 296 g/mol. The summed E-state index contributed by atoms with van der Waals surface area (Å²) in [4.78, 5) is 12.0. The lowest BCUT2D eigenvalue weighted by atomic mass is 10.2. The first-order valence-corrected chi connectivity index (χ1v) is 7.72. The van der Waals surface area contributed by atoms with Gasteiger partial charge in [-0.05, 0) is 17.7 Å². The number of methoxy groups -OCH3 is 1. The summed E-state index contributed by atoms with van der Waals surface area (Å²) in [5.74, 6) is 1.68. The Labute approximate surface area is 123 Å². The molecule has 1 saturated heterocycles. The van der Waals surface area contributed by atoms with Crippen molar-refractivity contribution in [3.05, 3.63) is 29.8 Å². The van der Waals surface area contributed by atoms with Gasteiger partial charge in [-0.2, -0.15) is 0 Å². The predicted octanol–water partition coefficient (Wildman–Crippen LogP) is 1.45. The van der Waals surface area contributed by atoms with Gasteiger partial charge in [-0.1, -0.05) is 12.1 Å². The van der Waals surface area contributed by atoms with Crippen molar-refractivity contribution < 1.29 is 14.3 Å². The van der Waals surface area contributed by atoms with Crippen molar-refractivity contribution in [2.45, 2.75) is 12.6 Å². The molecular formula is C14H20N2O3S. The second-order valence-electron chi connectivity index (χ2n) is 4.51. The Bertz CT molecular complexity index is 436. The minimum atomic E-state index is -0.0957. The maximum Gasteiger partial charge on any atom is 0.242 e. The Morgan fingerprint density at radius 1 is 1.50 bits per heavy atom. The molecule has 0 spiro atoms. The van der Waals surface area contributed by atoms with Crippen LogP contribution in [0.1, 0.15) is 5.56 Å². The topological polar surface area (TPSA) is 59.6 Å². The molecule has 1 aromatic rings. The van der Waals surface area contributed by atoms with E-state index in [1.807, 2.05) is 24.3 Å². The van der Waals surface area contributed by atoms with Crippen LogP contribution in [0.4, 0.5) is 5.69 Å². The van der Waals surface area contributed by atoms with Gasteiger partial charge in [0, 0.05) is 24.4 Å². The highest BCUT2D eigenvalue weighted by molar-refractivity contribution is 7.99. The summed E-state index contributed by atoms with van der Waals surface area (Å²) in [7, 11) is 1.65. The van der Waals surface area contributed by atoms with Gasteiger partial charge in [-0.25, -0.2) is 0 Å². The Balaban J connectivity index is 1.83. The Morgan fingerprint density at radius 3 is 3.15 bits per heavy atom. The van der Waals surface area contributed by atoms with E-state index < -0.39 is 0 Å². The molecule has 20 heavy (non-hydrogen) atoms. The fourth-order valence-corrected chi connectivity index (χ4v) is 2.81. The zero-order valence-corrected chi connectivity index (χ0v) is 12.4.